The van der Waals surface area contributed by atoms with Gasteiger partial charge < -0.3 is 14.8 Å². The van der Waals surface area contributed by atoms with Gasteiger partial charge >= 0.3 is 0 Å². The Hall–Kier alpha value is -1.59. The van der Waals surface area contributed by atoms with E-state index in [9.17, 15) is 13.2 Å². The molecule has 2 aromatic rings. The second kappa shape index (κ2) is 11.4. The first-order chi connectivity index (χ1) is 13.5. The molecule has 2 rings (SSSR count). The zero-order valence-electron chi connectivity index (χ0n) is 15.8. The molecule has 0 fully saturated rings. The molecule has 2 N–H and O–H groups in total. The largest absolute Gasteiger partial charge is 0.495 e. The fourth-order valence-electron chi connectivity index (χ4n) is 2.29. The molecule has 154 valence electrons. The molecule has 0 spiro atoms. The van der Waals surface area contributed by atoms with Crippen LogP contribution >= 0.6 is 23.1 Å². The number of rotatable bonds is 12. The van der Waals surface area contributed by atoms with Crippen molar-refractivity contribution in [2.24, 2.45) is 0 Å². The lowest BCUT2D eigenvalue weighted by molar-refractivity contribution is 0.0956. The topological polar surface area (TPSA) is 93.7 Å². The number of thioether (sulfide) groups is 1. The van der Waals surface area contributed by atoms with Gasteiger partial charge in [-0.2, -0.15) is 23.1 Å². The van der Waals surface area contributed by atoms with Gasteiger partial charge in [0.25, 0.3) is 5.91 Å². The lowest BCUT2D eigenvalue weighted by atomic mass is 10.2. The Bertz CT molecular complexity index is 854. The van der Waals surface area contributed by atoms with Crippen LogP contribution in [0.15, 0.2) is 39.9 Å². The van der Waals surface area contributed by atoms with E-state index < -0.39 is 10.0 Å². The zero-order valence-corrected chi connectivity index (χ0v) is 18.2. The van der Waals surface area contributed by atoms with Crippen molar-refractivity contribution in [3.05, 3.63) is 46.2 Å². The minimum Gasteiger partial charge on any atom is -0.495 e. The highest BCUT2D eigenvalue weighted by Crippen LogP contribution is 2.24. The van der Waals surface area contributed by atoms with Crippen molar-refractivity contribution in [1.29, 1.82) is 0 Å². The molecule has 28 heavy (non-hydrogen) atoms. The molecule has 0 saturated heterocycles. The van der Waals surface area contributed by atoms with E-state index >= 15 is 0 Å². The summed E-state index contributed by atoms with van der Waals surface area (Å²) in [5, 5.41) is 6.96. The maximum absolute atomic E-state index is 12.5. The molecule has 0 radical (unpaired) electrons. The summed E-state index contributed by atoms with van der Waals surface area (Å²) in [7, 11) is -0.956. The van der Waals surface area contributed by atoms with Crippen molar-refractivity contribution in [1.82, 2.24) is 10.0 Å². The third kappa shape index (κ3) is 6.78. The molecule has 1 heterocycles. The minimum absolute atomic E-state index is 0.0782. The number of nitrogens with one attached hydrogen (secondary N) is 2. The van der Waals surface area contributed by atoms with Gasteiger partial charge in [0.2, 0.25) is 10.0 Å². The Labute approximate surface area is 173 Å². The van der Waals surface area contributed by atoms with Crippen molar-refractivity contribution in [3.8, 4) is 5.75 Å². The van der Waals surface area contributed by atoms with Crippen molar-refractivity contribution in [2.45, 2.75) is 10.6 Å². The standard InChI is InChI=1S/C18H24N2O5S3/c1-24-8-6-20-28(22,23)17-11-15(3-4-16(17)25-2)18(21)19-7-10-27-13-14-5-9-26-12-14/h3-5,9,11-12,20H,6-8,10,13H2,1-2H3,(H,19,21). The average molecular weight is 445 g/mol. The van der Waals surface area contributed by atoms with Crippen LogP contribution in [0.1, 0.15) is 15.9 Å². The normalized spacial score (nSPS) is 11.4. The number of amides is 1. The summed E-state index contributed by atoms with van der Waals surface area (Å²) in [6.45, 7) is 0.859. The molecular weight excluding hydrogens is 420 g/mol. The number of methoxy groups -OCH3 is 2. The Morgan fingerprint density at radius 2 is 2.04 bits per heavy atom. The van der Waals surface area contributed by atoms with E-state index in [4.69, 9.17) is 9.47 Å². The highest BCUT2D eigenvalue weighted by molar-refractivity contribution is 7.98. The molecule has 0 atom stereocenters. The van der Waals surface area contributed by atoms with Gasteiger partial charge in [-0.05, 0) is 40.6 Å². The van der Waals surface area contributed by atoms with Crippen molar-refractivity contribution in [2.75, 3.05) is 39.7 Å². The number of hydrogen-bond acceptors (Lipinski definition) is 7. The second-order valence-corrected chi connectivity index (χ2v) is 9.32. The number of hydrogen-bond donors (Lipinski definition) is 2. The van der Waals surface area contributed by atoms with Gasteiger partial charge in [-0.25, -0.2) is 13.1 Å². The van der Waals surface area contributed by atoms with E-state index in [2.05, 4.69) is 21.5 Å². The average Bonchev–Trinajstić information content (AvgIpc) is 3.20. The van der Waals surface area contributed by atoms with Crippen LogP contribution in [0.4, 0.5) is 0 Å². The van der Waals surface area contributed by atoms with Crippen molar-refractivity contribution in [3.63, 3.8) is 0 Å². The molecule has 0 saturated carbocycles. The molecule has 1 aromatic carbocycles. The quantitative estimate of drug-likeness (QED) is 0.488. The van der Waals surface area contributed by atoms with Gasteiger partial charge in [-0.3, -0.25) is 4.79 Å². The second-order valence-electron chi connectivity index (χ2n) is 5.70. The zero-order chi connectivity index (χ0) is 20.4. The summed E-state index contributed by atoms with van der Waals surface area (Å²) in [5.74, 6) is 1.51. The van der Waals surface area contributed by atoms with Gasteiger partial charge in [0.1, 0.15) is 10.6 Å². The summed E-state index contributed by atoms with van der Waals surface area (Å²) >= 11 is 3.39. The van der Waals surface area contributed by atoms with Gasteiger partial charge in [0.05, 0.1) is 13.7 Å². The van der Waals surface area contributed by atoms with Crippen molar-refractivity contribution >= 4 is 39.0 Å². The Morgan fingerprint density at radius 1 is 1.21 bits per heavy atom. The van der Waals surface area contributed by atoms with E-state index in [1.807, 2.05) is 5.38 Å². The van der Waals surface area contributed by atoms with Crippen LogP contribution in [-0.4, -0.2) is 54.0 Å². The predicted octanol–water partition coefficient (Wildman–Crippen LogP) is 2.34. The summed E-state index contributed by atoms with van der Waals surface area (Å²) in [5.41, 5.74) is 1.53. The summed E-state index contributed by atoms with van der Waals surface area (Å²) in [6.07, 6.45) is 0. The fourth-order valence-corrected chi connectivity index (χ4v) is 5.07. The van der Waals surface area contributed by atoms with Gasteiger partial charge in [-0.15, -0.1) is 0 Å². The summed E-state index contributed by atoms with van der Waals surface area (Å²) in [6, 6.07) is 6.42. The Morgan fingerprint density at radius 3 is 2.71 bits per heavy atom. The van der Waals surface area contributed by atoms with Gasteiger partial charge in [0.15, 0.2) is 0 Å². The molecule has 10 heteroatoms. The molecule has 0 aliphatic heterocycles. The number of thiophene rings is 1. The van der Waals surface area contributed by atoms with Crippen LogP contribution in [0.2, 0.25) is 0 Å². The van der Waals surface area contributed by atoms with Gasteiger partial charge in [-0.1, -0.05) is 0 Å². The lowest BCUT2D eigenvalue weighted by Gasteiger charge is -2.12. The fraction of sp³-hybridized carbons (Fsp3) is 0.389. The third-order valence-corrected chi connectivity index (χ3v) is 6.94. The molecule has 0 bridgehead atoms. The smallest absolute Gasteiger partial charge is 0.251 e. The number of carbonyl (C=O) groups is 1. The predicted molar refractivity (Wildman–Crippen MR) is 113 cm³/mol. The third-order valence-electron chi connectivity index (χ3n) is 3.69. The molecular formula is C18H24N2O5S3. The first-order valence-corrected chi connectivity index (χ1v) is 12.1. The summed E-state index contributed by atoms with van der Waals surface area (Å²) < 4.78 is 37.4. The molecule has 7 nitrogen and oxygen atoms in total. The molecule has 1 aromatic heterocycles. The van der Waals surface area contributed by atoms with E-state index in [-0.39, 0.29) is 35.3 Å². The van der Waals surface area contributed by atoms with E-state index in [1.54, 1.807) is 29.2 Å². The van der Waals surface area contributed by atoms with Crippen LogP contribution in [-0.2, 0) is 20.5 Å². The van der Waals surface area contributed by atoms with Gasteiger partial charge in [0, 0.05) is 37.3 Å². The summed E-state index contributed by atoms with van der Waals surface area (Å²) in [4.78, 5) is 12.3. The Kier molecular flexibility index (Phi) is 9.26. The molecule has 0 unspecified atom stereocenters. The van der Waals surface area contributed by atoms with Crippen LogP contribution in [0.3, 0.4) is 0 Å². The number of sulfonamides is 1. The SMILES string of the molecule is COCCNS(=O)(=O)c1cc(C(=O)NCCSCc2ccsc2)ccc1OC. The molecule has 0 aliphatic carbocycles. The highest BCUT2D eigenvalue weighted by atomic mass is 32.2. The van der Waals surface area contributed by atoms with Crippen molar-refractivity contribution < 1.29 is 22.7 Å². The monoisotopic (exact) mass is 444 g/mol. The van der Waals surface area contributed by atoms with Crippen LogP contribution in [0.25, 0.3) is 0 Å². The maximum Gasteiger partial charge on any atom is 0.251 e. The van der Waals surface area contributed by atoms with Crippen LogP contribution in [0, 0.1) is 0 Å². The minimum atomic E-state index is -3.82. The molecule has 0 aliphatic rings. The first-order valence-electron chi connectivity index (χ1n) is 8.51. The number of ether oxygens (including phenoxy) is 2. The lowest BCUT2D eigenvalue weighted by Crippen LogP contribution is -2.29. The maximum atomic E-state index is 12.5. The van der Waals surface area contributed by atoms with Crippen LogP contribution in [0.5, 0.6) is 5.75 Å². The number of carbonyl (C=O) groups excluding carboxylic acids is 1. The number of benzene rings is 1. The Balaban J connectivity index is 1.95. The van der Waals surface area contributed by atoms with E-state index in [0.717, 1.165) is 11.5 Å². The van der Waals surface area contributed by atoms with E-state index in [0.29, 0.717) is 6.54 Å². The molecule has 1 amide bonds. The highest BCUT2D eigenvalue weighted by Gasteiger charge is 2.21. The first kappa shape index (κ1) is 22.7. The van der Waals surface area contributed by atoms with E-state index in [1.165, 1.54) is 31.9 Å². The van der Waals surface area contributed by atoms with Crippen LogP contribution < -0.4 is 14.8 Å².